The van der Waals surface area contributed by atoms with E-state index in [2.05, 4.69) is 0 Å². The first kappa shape index (κ1) is 15.6. The molecule has 0 N–H and O–H groups in total. The fraction of sp³-hybridized carbons (Fsp3) is 0.529. The largest absolute Gasteiger partial charge is 0.493 e. The van der Waals surface area contributed by atoms with Crippen molar-refractivity contribution >= 4 is 17.5 Å². The molecule has 2 aliphatic heterocycles. The van der Waals surface area contributed by atoms with Gasteiger partial charge < -0.3 is 19.3 Å². The van der Waals surface area contributed by atoms with E-state index < -0.39 is 0 Å². The summed E-state index contributed by atoms with van der Waals surface area (Å²) in [5.74, 6) is 1.04. The maximum Gasteiger partial charge on any atom is 0.228 e. The molecular weight excluding hydrogens is 296 g/mol. The SMILES string of the molecule is COc1ccc(N2CC(C(=O)N3CCCC3)CC2=O)cc1OC. The van der Waals surface area contributed by atoms with Crippen molar-refractivity contribution in [1.29, 1.82) is 0 Å². The number of methoxy groups -OCH3 is 2. The molecule has 0 radical (unpaired) electrons. The Labute approximate surface area is 136 Å². The van der Waals surface area contributed by atoms with Crippen LogP contribution in [0.3, 0.4) is 0 Å². The molecule has 2 fully saturated rings. The zero-order chi connectivity index (χ0) is 16.4. The highest BCUT2D eigenvalue weighted by Gasteiger charge is 2.37. The molecule has 2 heterocycles. The Bertz CT molecular complexity index is 611. The minimum absolute atomic E-state index is 0.0187. The van der Waals surface area contributed by atoms with Gasteiger partial charge in [-0.15, -0.1) is 0 Å². The number of nitrogens with zero attached hydrogens (tertiary/aromatic N) is 2. The Morgan fingerprint density at radius 3 is 2.48 bits per heavy atom. The summed E-state index contributed by atoms with van der Waals surface area (Å²) < 4.78 is 10.5. The molecule has 0 saturated carbocycles. The van der Waals surface area contributed by atoms with Gasteiger partial charge in [-0.1, -0.05) is 0 Å². The summed E-state index contributed by atoms with van der Waals surface area (Å²) in [7, 11) is 3.14. The standard InChI is InChI=1S/C17H22N2O4/c1-22-14-6-5-13(10-15(14)23-2)19-11-12(9-16(19)20)17(21)18-7-3-4-8-18/h5-6,10,12H,3-4,7-9,11H2,1-2H3. The number of amides is 2. The van der Waals surface area contributed by atoms with Crippen LogP contribution >= 0.6 is 0 Å². The average molecular weight is 318 g/mol. The normalized spacial score (nSPS) is 21.0. The molecule has 0 aromatic heterocycles. The van der Waals surface area contributed by atoms with Crippen molar-refractivity contribution < 1.29 is 19.1 Å². The number of ether oxygens (including phenoxy) is 2. The molecule has 1 aromatic carbocycles. The molecular formula is C17H22N2O4. The molecule has 2 saturated heterocycles. The van der Waals surface area contributed by atoms with Gasteiger partial charge in [-0.3, -0.25) is 9.59 Å². The Balaban J connectivity index is 1.76. The third-order valence-electron chi connectivity index (χ3n) is 4.57. The van der Waals surface area contributed by atoms with E-state index >= 15 is 0 Å². The van der Waals surface area contributed by atoms with Crippen LogP contribution in [0.25, 0.3) is 0 Å². The van der Waals surface area contributed by atoms with E-state index in [-0.39, 0.29) is 24.2 Å². The minimum Gasteiger partial charge on any atom is -0.493 e. The van der Waals surface area contributed by atoms with Crippen molar-refractivity contribution in [3.8, 4) is 11.5 Å². The van der Waals surface area contributed by atoms with Gasteiger partial charge in [-0.05, 0) is 25.0 Å². The first-order valence-electron chi connectivity index (χ1n) is 7.95. The van der Waals surface area contributed by atoms with Crippen molar-refractivity contribution in [2.45, 2.75) is 19.3 Å². The monoisotopic (exact) mass is 318 g/mol. The lowest BCUT2D eigenvalue weighted by atomic mass is 10.1. The lowest BCUT2D eigenvalue weighted by Gasteiger charge is -2.21. The Kier molecular flexibility index (Phi) is 4.41. The minimum atomic E-state index is -0.242. The van der Waals surface area contributed by atoms with Crippen LogP contribution in [-0.4, -0.2) is 50.6 Å². The van der Waals surface area contributed by atoms with Crippen molar-refractivity contribution in [1.82, 2.24) is 4.90 Å². The van der Waals surface area contributed by atoms with Crippen LogP contribution in [0.4, 0.5) is 5.69 Å². The van der Waals surface area contributed by atoms with Crippen LogP contribution in [-0.2, 0) is 9.59 Å². The molecule has 124 valence electrons. The fourth-order valence-corrected chi connectivity index (χ4v) is 3.31. The zero-order valence-electron chi connectivity index (χ0n) is 13.6. The van der Waals surface area contributed by atoms with Gasteiger partial charge in [0.1, 0.15) is 0 Å². The summed E-state index contributed by atoms with van der Waals surface area (Å²) in [6.45, 7) is 2.07. The molecule has 2 amide bonds. The predicted molar refractivity (Wildman–Crippen MR) is 85.8 cm³/mol. The van der Waals surface area contributed by atoms with Crippen molar-refractivity contribution in [2.75, 3.05) is 38.8 Å². The summed E-state index contributed by atoms with van der Waals surface area (Å²) in [6, 6.07) is 5.37. The molecule has 0 aliphatic carbocycles. The summed E-state index contributed by atoms with van der Waals surface area (Å²) >= 11 is 0. The highest BCUT2D eigenvalue weighted by atomic mass is 16.5. The second kappa shape index (κ2) is 6.48. The molecule has 3 rings (SSSR count). The third kappa shape index (κ3) is 2.98. The maximum absolute atomic E-state index is 12.5. The Morgan fingerprint density at radius 1 is 1.13 bits per heavy atom. The highest BCUT2D eigenvalue weighted by Crippen LogP contribution is 2.34. The van der Waals surface area contributed by atoms with Gasteiger partial charge in [-0.25, -0.2) is 0 Å². The molecule has 23 heavy (non-hydrogen) atoms. The van der Waals surface area contributed by atoms with Crippen molar-refractivity contribution in [3.63, 3.8) is 0 Å². The van der Waals surface area contributed by atoms with E-state index in [1.165, 1.54) is 0 Å². The van der Waals surface area contributed by atoms with Crippen LogP contribution < -0.4 is 14.4 Å². The van der Waals surface area contributed by atoms with Crippen LogP contribution in [0.15, 0.2) is 18.2 Å². The van der Waals surface area contributed by atoms with Gasteiger partial charge >= 0.3 is 0 Å². The fourth-order valence-electron chi connectivity index (χ4n) is 3.31. The molecule has 6 heteroatoms. The van der Waals surface area contributed by atoms with E-state index in [1.54, 1.807) is 31.3 Å². The molecule has 1 atom stereocenters. The molecule has 1 aromatic rings. The van der Waals surface area contributed by atoms with E-state index in [1.807, 2.05) is 11.0 Å². The second-order valence-electron chi connectivity index (χ2n) is 5.98. The number of likely N-dealkylation sites (tertiary alicyclic amines) is 1. The molecule has 1 unspecified atom stereocenters. The number of rotatable bonds is 4. The predicted octanol–water partition coefficient (Wildman–Crippen LogP) is 1.68. The van der Waals surface area contributed by atoms with E-state index in [9.17, 15) is 9.59 Å². The van der Waals surface area contributed by atoms with Gasteiger partial charge in [0.25, 0.3) is 0 Å². The van der Waals surface area contributed by atoms with Gasteiger partial charge in [0, 0.05) is 37.8 Å². The number of hydrogen-bond acceptors (Lipinski definition) is 4. The molecule has 0 bridgehead atoms. The topological polar surface area (TPSA) is 59.1 Å². The van der Waals surface area contributed by atoms with Crippen molar-refractivity contribution in [3.05, 3.63) is 18.2 Å². The first-order valence-corrected chi connectivity index (χ1v) is 7.95. The summed E-state index contributed by atoms with van der Waals surface area (Å²) in [5, 5.41) is 0. The van der Waals surface area contributed by atoms with Gasteiger partial charge in [0.05, 0.1) is 20.1 Å². The van der Waals surface area contributed by atoms with E-state index in [0.717, 1.165) is 31.6 Å². The maximum atomic E-state index is 12.5. The van der Waals surface area contributed by atoms with Crippen LogP contribution in [0.2, 0.25) is 0 Å². The smallest absolute Gasteiger partial charge is 0.228 e. The summed E-state index contributed by atoms with van der Waals surface area (Å²) in [5.41, 5.74) is 0.740. The third-order valence-corrected chi connectivity index (χ3v) is 4.57. The van der Waals surface area contributed by atoms with Gasteiger partial charge in [0.15, 0.2) is 11.5 Å². The van der Waals surface area contributed by atoms with Crippen LogP contribution in [0, 0.1) is 5.92 Å². The average Bonchev–Trinajstić information content (AvgIpc) is 3.23. The lowest BCUT2D eigenvalue weighted by Crippen LogP contribution is -2.35. The number of anilines is 1. The van der Waals surface area contributed by atoms with Gasteiger partial charge in [-0.2, -0.15) is 0 Å². The quantitative estimate of drug-likeness (QED) is 0.847. The molecule has 2 aliphatic rings. The molecule has 0 spiro atoms. The number of hydrogen-bond donors (Lipinski definition) is 0. The van der Waals surface area contributed by atoms with E-state index in [0.29, 0.717) is 18.0 Å². The Hall–Kier alpha value is -2.24. The number of benzene rings is 1. The highest BCUT2D eigenvalue weighted by molar-refractivity contribution is 6.00. The number of carbonyl (C=O) groups is 2. The molecule has 6 nitrogen and oxygen atoms in total. The summed E-state index contributed by atoms with van der Waals surface area (Å²) in [4.78, 5) is 28.4. The van der Waals surface area contributed by atoms with Crippen LogP contribution in [0.1, 0.15) is 19.3 Å². The number of carbonyl (C=O) groups excluding carboxylic acids is 2. The second-order valence-corrected chi connectivity index (χ2v) is 5.98. The van der Waals surface area contributed by atoms with E-state index in [4.69, 9.17) is 9.47 Å². The summed E-state index contributed by atoms with van der Waals surface area (Å²) in [6.07, 6.45) is 2.40. The lowest BCUT2D eigenvalue weighted by molar-refractivity contribution is -0.134. The van der Waals surface area contributed by atoms with Crippen LogP contribution in [0.5, 0.6) is 11.5 Å². The van der Waals surface area contributed by atoms with Crippen molar-refractivity contribution in [2.24, 2.45) is 5.92 Å². The zero-order valence-corrected chi connectivity index (χ0v) is 13.6. The Morgan fingerprint density at radius 2 is 1.83 bits per heavy atom. The first-order chi connectivity index (χ1) is 11.1. The van der Waals surface area contributed by atoms with Gasteiger partial charge in [0.2, 0.25) is 11.8 Å².